The molecular formula is C13H16BrFO2. The first-order valence-corrected chi connectivity index (χ1v) is 6.50. The number of methoxy groups -OCH3 is 1. The number of hydrogen-bond acceptors (Lipinski definition) is 2. The lowest BCUT2D eigenvalue weighted by Crippen LogP contribution is -2.39. The Labute approximate surface area is 109 Å². The van der Waals surface area contributed by atoms with E-state index in [9.17, 15) is 9.50 Å². The topological polar surface area (TPSA) is 29.5 Å². The summed E-state index contributed by atoms with van der Waals surface area (Å²) in [4.78, 5) is 0. The number of halogens is 2. The van der Waals surface area contributed by atoms with Crippen molar-refractivity contribution < 1.29 is 14.2 Å². The Hall–Kier alpha value is -0.450. The predicted molar refractivity (Wildman–Crippen MR) is 67.4 cm³/mol. The van der Waals surface area contributed by atoms with Crippen molar-refractivity contribution in [3.63, 3.8) is 0 Å². The molecule has 1 N–H and O–H groups in total. The Morgan fingerprint density at radius 3 is 2.82 bits per heavy atom. The van der Waals surface area contributed by atoms with Crippen LogP contribution in [-0.2, 0) is 11.2 Å². The van der Waals surface area contributed by atoms with Gasteiger partial charge in [0.25, 0.3) is 0 Å². The van der Waals surface area contributed by atoms with E-state index < -0.39 is 5.60 Å². The second-order valence-electron chi connectivity index (χ2n) is 4.72. The maximum atomic E-state index is 13.7. The van der Waals surface area contributed by atoms with Crippen molar-refractivity contribution in [2.75, 3.05) is 13.7 Å². The van der Waals surface area contributed by atoms with Crippen LogP contribution >= 0.6 is 15.9 Å². The van der Waals surface area contributed by atoms with Gasteiger partial charge in [0.2, 0.25) is 0 Å². The standard InChI is InChI=1S/C13H16BrFO2/c1-17-8-13(16,10-2-3-10)7-9-6-11(14)4-5-12(9)15/h4-6,10,16H,2-3,7-8H2,1H3. The normalized spacial score (nSPS) is 19.1. The SMILES string of the molecule is COCC(O)(Cc1cc(Br)ccc1F)C1CC1. The van der Waals surface area contributed by atoms with Crippen molar-refractivity contribution in [2.24, 2.45) is 5.92 Å². The van der Waals surface area contributed by atoms with Crippen LogP contribution in [0.15, 0.2) is 22.7 Å². The Kier molecular flexibility index (Phi) is 3.85. The quantitative estimate of drug-likeness (QED) is 0.906. The molecule has 2 rings (SSSR count). The van der Waals surface area contributed by atoms with Gasteiger partial charge in [-0.05, 0) is 42.5 Å². The Balaban J connectivity index is 2.19. The van der Waals surface area contributed by atoms with Crippen molar-refractivity contribution in [3.8, 4) is 0 Å². The summed E-state index contributed by atoms with van der Waals surface area (Å²) >= 11 is 3.32. The van der Waals surface area contributed by atoms with Crippen LogP contribution in [-0.4, -0.2) is 24.4 Å². The highest BCUT2D eigenvalue weighted by Crippen LogP contribution is 2.42. The molecule has 0 radical (unpaired) electrons. The van der Waals surface area contributed by atoms with E-state index in [0.29, 0.717) is 12.0 Å². The lowest BCUT2D eigenvalue weighted by Gasteiger charge is -2.27. The highest BCUT2D eigenvalue weighted by atomic mass is 79.9. The number of rotatable bonds is 5. The monoisotopic (exact) mass is 302 g/mol. The number of benzene rings is 1. The van der Waals surface area contributed by atoms with Crippen LogP contribution in [0.25, 0.3) is 0 Å². The van der Waals surface area contributed by atoms with Crippen LogP contribution in [0.5, 0.6) is 0 Å². The molecule has 0 bridgehead atoms. The summed E-state index contributed by atoms with van der Waals surface area (Å²) < 4.78 is 19.5. The molecule has 0 aliphatic heterocycles. The highest BCUT2D eigenvalue weighted by Gasteiger charge is 2.44. The Morgan fingerprint density at radius 2 is 2.24 bits per heavy atom. The van der Waals surface area contributed by atoms with E-state index in [1.54, 1.807) is 19.2 Å². The van der Waals surface area contributed by atoms with Crippen LogP contribution in [0.4, 0.5) is 4.39 Å². The number of hydrogen-bond donors (Lipinski definition) is 1. The number of aliphatic hydroxyl groups is 1. The first kappa shape index (κ1) is 13.0. The van der Waals surface area contributed by atoms with Crippen LogP contribution in [0, 0.1) is 11.7 Å². The van der Waals surface area contributed by atoms with E-state index in [-0.39, 0.29) is 18.3 Å². The molecule has 0 amide bonds. The van der Waals surface area contributed by atoms with Crippen molar-refractivity contribution in [1.29, 1.82) is 0 Å². The molecule has 1 aliphatic rings. The van der Waals surface area contributed by atoms with Gasteiger partial charge in [-0.15, -0.1) is 0 Å². The zero-order valence-electron chi connectivity index (χ0n) is 9.75. The maximum absolute atomic E-state index is 13.7. The molecule has 1 aliphatic carbocycles. The molecule has 1 saturated carbocycles. The van der Waals surface area contributed by atoms with E-state index in [1.165, 1.54) is 6.07 Å². The largest absolute Gasteiger partial charge is 0.387 e. The zero-order chi connectivity index (χ0) is 12.5. The fourth-order valence-electron chi connectivity index (χ4n) is 2.19. The second-order valence-corrected chi connectivity index (χ2v) is 5.64. The average molecular weight is 303 g/mol. The summed E-state index contributed by atoms with van der Waals surface area (Å²) in [6, 6.07) is 4.79. The minimum absolute atomic E-state index is 0.237. The summed E-state index contributed by atoms with van der Waals surface area (Å²) in [6.07, 6.45) is 2.29. The Morgan fingerprint density at radius 1 is 1.53 bits per heavy atom. The van der Waals surface area contributed by atoms with Crippen molar-refractivity contribution in [3.05, 3.63) is 34.1 Å². The molecule has 1 atom stereocenters. The van der Waals surface area contributed by atoms with Crippen molar-refractivity contribution >= 4 is 15.9 Å². The van der Waals surface area contributed by atoms with Crippen LogP contribution < -0.4 is 0 Å². The molecule has 1 unspecified atom stereocenters. The maximum Gasteiger partial charge on any atom is 0.126 e. The molecule has 4 heteroatoms. The third kappa shape index (κ3) is 3.06. The highest BCUT2D eigenvalue weighted by molar-refractivity contribution is 9.10. The molecular weight excluding hydrogens is 287 g/mol. The molecule has 0 saturated heterocycles. The van der Waals surface area contributed by atoms with Crippen LogP contribution in [0.3, 0.4) is 0 Å². The van der Waals surface area contributed by atoms with Gasteiger partial charge in [0.15, 0.2) is 0 Å². The third-order valence-corrected chi connectivity index (χ3v) is 3.73. The van der Waals surface area contributed by atoms with Crippen molar-refractivity contribution in [2.45, 2.75) is 24.9 Å². The van der Waals surface area contributed by atoms with E-state index in [4.69, 9.17) is 4.74 Å². The van der Waals surface area contributed by atoms with Gasteiger partial charge >= 0.3 is 0 Å². The van der Waals surface area contributed by atoms with Gasteiger partial charge in [0.1, 0.15) is 5.82 Å². The lowest BCUT2D eigenvalue weighted by molar-refractivity contribution is -0.0479. The van der Waals surface area contributed by atoms with Crippen LogP contribution in [0.1, 0.15) is 18.4 Å². The van der Waals surface area contributed by atoms with Gasteiger partial charge in [0.05, 0.1) is 12.2 Å². The van der Waals surface area contributed by atoms with Gasteiger partial charge in [0, 0.05) is 18.0 Å². The van der Waals surface area contributed by atoms with Gasteiger partial charge in [-0.2, -0.15) is 0 Å². The van der Waals surface area contributed by atoms with Crippen molar-refractivity contribution in [1.82, 2.24) is 0 Å². The fourth-order valence-corrected chi connectivity index (χ4v) is 2.60. The Bertz CT molecular complexity index is 406. The molecule has 0 aromatic heterocycles. The van der Waals surface area contributed by atoms with E-state index in [0.717, 1.165) is 17.3 Å². The van der Waals surface area contributed by atoms with Crippen LogP contribution in [0.2, 0.25) is 0 Å². The second kappa shape index (κ2) is 5.04. The molecule has 0 spiro atoms. The predicted octanol–water partition coefficient (Wildman–Crippen LogP) is 2.92. The molecule has 1 aromatic carbocycles. The molecule has 94 valence electrons. The number of ether oxygens (including phenoxy) is 1. The average Bonchev–Trinajstić information content (AvgIpc) is 3.07. The van der Waals surface area contributed by atoms with Gasteiger partial charge in [-0.25, -0.2) is 4.39 Å². The van der Waals surface area contributed by atoms with Gasteiger partial charge < -0.3 is 9.84 Å². The third-order valence-electron chi connectivity index (χ3n) is 3.24. The minimum atomic E-state index is -0.934. The van der Waals surface area contributed by atoms with E-state index >= 15 is 0 Å². The summed E-state index contributed by atoms with van der Waals surface area (Å²) in [5, 5.41) is 10.5. The summed E-state index contributed by atoms with van der Waals surface area (Å²) in [5.41, 5.74) is -0.401. The molecule has 2 nitrogen and oxygen atoms in total. The summed E-state index contributed by atoms with van der Waals surface area (Å²) in [5.74, 6) is -0.0378. The van der Waals surface area contributed by atoms with E-state index in [2.05, 4.69) is 15.9 Å². The van der Waals surface area contributed by atoms with Gasteiger partial charge in [-0.1, -0.05) is 15.9 Å². The summed E-state index contributed by atoms with van der Waals surface area (Å²) in [7, 11) is 1.56. The fraction of sp³-hybridized carbons (Fsp3) is 0.538. The molecule has 1 aromatic rings. The smallest absolute Gasteiger partial charge is 0.126 e. The summed E-state index contributed by atoms with van der Waals surface area (Å²) in [6.45, 7) is 0.254. The van der Waals surface area contributed by atoms with E-state index in [1.807, 2.05) is 0 Å². The molecule has 1 fully saturated rings. The molecule has 17 heavy (non-hydrogen) atoms. The molecule has 0 heterocycles. The lowest BCUT2D eigenvalue weighted by atomic mass is 9.90. The van der Waals surface area contributed by atoms with Gasteiger partial charge in [-0.3, -0.25) is 0 Å². The minimum Gasteiger partial charge on any atom is -0.387 e. The zero-order valence-corrected chi connectivity index (χ0v) is 11.3. The first-order chi connectivity index (χ1) is 8.05. The first-order valence-electron chi connectivity index (χ1n) is 5.70.